The van der Waals surface area contributed by atoms with Crippen LogP contribution in [0.3, 0.4) is 0 Å². The number of ketones is 1. The third kappa shape index (κ3) is 3.75. The molecule has 0 bridgehead atoms. The fourth-order valence-corrected chi connectivity index (χ4v) is 7.12. The first kappa shape index (κ1) is 22.8. The van der Waals surface area contributed by atoms with E-state index in [9.17, 15) is 9.59 Å². The molecule has 1 spiro atoms. The van der Waals surface area contributed by atoms with Crippen molar-refractivity contribution in [2.24, 2.45) is 5.10 Å². The number of carbonyl (C=O) groups excluding carboxylic acids is 2. The van der Waals surface area contributed by atoms with Crippen molar-refractivity contribution < 1.29 is 19.1 Å². The van der Waals surface area contributed by atoms with Gasteiger partial charge in [0.1, 0.15) is 0 Å². The van der Waals surface area contributed by atoms with Gasteiger partial charge in [-0.25, -0.2) is 5.01 Å². The van der Waals surface area contributed by atoms with E-state index >= 15 is 0 Å². The zero-order valence-electron chi connectivity index (χ0n) is 19.5. The van der Waals surface area contributed by atoms with Crippen LogP contribution in [0.2, 0.25) is 0 Å². The number of nitrogens with zero attached hydrogens (tertiary/aromatic N) is 3. The molecule has 0 unspecified atom stereocenters. The normalized spacial score (nSPS) is 21.6. The van der Waals surface area contributed by atoms with Crippen molar-refractivity contribution in [3.8, 4) is 11.5 Å². The maximum atomic E-state index is 14.0. The Bertz CT molecular complexity index is 1460. The molecule has 6 rings (SSSR count). The molecule has 3 aliphatic heterocycles. The fraction of sp³-hybridized carbons (Fsp3) is 0.148. The maximum Gasteiger partial charge on any atom is 0.268 e. The van der Waals surface area contributed by atoms with Crippen molar-refractivity contribution in [2.45, 2.75) is 18.2 Å². The lowest BCUT2D eigenvalue weighted by Gasteiger charge is -2.38. The molecule has 1 saturated heterocycles. The van der Waals surface area contributed by atoms with Crippen molar-refractivity contribution in [3.05, 3.63) is 88.8 Å². The number of hydrogen-bond donors (Lipinski definition) is 0. The topological polar surface area (TPSA) is 71.4 Å². The number of aryl methyl sites for hydroxylation is 1. The highest BCUT2D eigenvalue weighted by Gasteiger charge is 2.59. The molecule has 0 aliphatic carbocycles. The van der Waals surface area contributed by atoms with Gasteiger partial charge in [0, 0.05) is 12.6 Å². The molecule has 1 amide bonds. The Balaban J connectivity index is 1.50. The number of para-hydroxylation sites is 1. The quantitative estimate of drug-likeness (QED) is 0.418. The molecule has 7 nitrogen and oxygen atoms in total. The lowest BCUT2D eigenvalue weighted by atomic mass is 10.2. The number of fused-ring (bicyclic) bond motifs is 1. The van der Waals surface area contributed by atoms with Crippen molar-refractivity contribution in [3.63, 3.8) is 0 Å². The number of amides is 1. The summed E-state index contributed by atoms with van der Waals surface area (Å²) in [5.41, 5.74) is 3.38. The Hall–Kier alpha value is -3.69. The van der Waals surface area contributed by atoms with Gasteiger partial charge in [0.15, 0.2) is 22.3 Å². The smallest absolute Gasteiger partial charge is 0.268 e. The number of benzene rings is 3. The van der Waals surface area contributed by atoms with Gasteiger partial charge >= 0.3 is 0 Å². The van der Waals surface area contributed by atoms with Crippen molar-refractivity contribution >= 4 is 57.7 Å². The van der Waals surface area contributed by atoms with E-state index in [0.29, 0.717) is 27.1 Å². The van der Waals surface area contributed by atoms with Crippen LogP contribution in [0, 0.1) is 6.92 Å². The first-order chi connectivity index (χ1) is 17.4. The molecule has 0 N–H and O–H groups in total. The van der Waals surface area contributed by atoms with E-state index < -0.39 is 4.33 Å². The predicted molar refractivity (Wildman–Crippen MR) is 144 cm³/mol. The molecular formula is C27H21N3O4S2. The van der Waals surface area contributed by atoms with Crippen LogP contribution in [0.5, 0.6) is 11.5 Å². The number of anilines is 2. The number of hydrogen-bond acceptors (Lipinski definition) is 8. The van der Waals surface area contributed by atoms with E-state index in [1.807, 2.05) is 85.8 Å². The summed E-state index contributed by atoms with van der Waals surface area (Å²) in [6.07, 6.45) is 1.85. The standard InChI is InChI=1S/C27H21N3O4S2/c1-17-7-6-10-21(13-17)30-27(36-25(28-30)18(2)31)29(20-8-4-3-5-9-20)26(32)24(35-27)15-19-11-12-22-23(14-19)34-16-33-22/h3-15H,16H2,1-2H3/b24-15+/t27-/m1/s1. The van der Waals surface area contributed by atoms with Crippen LogP contribution < -0.4 is 19.4 Å². The molecule has 36 heavy (non-hydrogen) atoms. The highest BCUT2D eigenvalue weighted by atomic mass is 32.2. The Labute approximate surface area is 216 Å². The molecule has 9 heteroatoms. The summed E-state index contributed by atoms with van der Waals surface area (Å²) in [5, 5.41) is 6.86. The van der Waals surface area contributed by atoms with E-state index in [2.05, 4.69) is 0 Å². The molecule has 180 valence electrons. The number of carbonyl (C=O) groups is 2. The Morgan fingerprint density at radius 2 is 1.75 bits per heavy atom. The van der Waals surface area contributed by atoms with Crippen molar-refractivity contribution in [2.75, 3.05) is 16.7 Å². The van der Waals surface area contributed by atoms with Crippen LogP contribution >= 0.6 is 23.5 Å². The molecule has 3 aromatic rings. The molecular weight excluding hydrogens is 494 g/mol. The Morgan fingerprint density at radius 1 is 0.972 bits per heavy atom. The minimum atomic E-state index is -1.05. The molecule has 0 saturated carbocycles. The zero-order chi connectivity index (χ0) is 24.9. The van der Waals surface area contributed by atoms with Crippen LogP contribution in [0.4, 0.5) is 11.4 Å². The van der Waals surface area contributed by atoms with E-state index in [0.717, 1.165) is 16.8 Å². The minimum Gasteiger partial charge on any atom is -0.454 e. The van der Waals surface area contributed by atoms with Gasteiger partial charge in [-0.15, -0.1) is 0 Å². The van der Waals surface area contributed by atoms with Crippen LogP contribution in [-0.2, 0) is 9.59 Å². The fourth-order valence-electron chi connectivity index (χ4n) is 4.24. The molecule has 0 radical (unpaired) electrons. The third-order valence-electron chi connectivity index (χ3n) is 5.88. The molecule has 1 atom stereocenters. The summed E-state index contributed by atoms with van der Waals surface area (Å²) in [4.78, 5) is 28.8. The number of hydrazone groups is 1. The summed E-state index contributed by atoms with van der Waals surface area (Å²) in [5.74, 6) is 1.01. The van der Waals surface area contributed by atoms with Gasteiger partial charge in [-0.05, 0) is 72.3 Å². The van der Waals surface area contributed by atoms with Gasteiger partial charge in [0.2, 0.25) is 11.1 Å². The second-order valence-electron chi connectivity index (χ2n) is 8.46. The summed E-state index contributed by atoms with van der Waals surface area (Å²) >= 11 is 2.66. The van der Waals surface area contributed by atoms with Crippen LogP contribution in [0.15, 0.2) is 82.8 Å². The molecule has 1 fully saturated rings. The third-order valence-corrected chi connectivity index (χ3v) is 8.70. The number of rotatable bonds is 4. The SMILES string of the molecule is CC(=O)C1=NN(c2cccc(C)c2)[C@@]2(S1)S/C(=C/c1ccc3c(c1)OCO3)C(=O)N2c1ccccc1. The Kier molecular flexibility index (Phi) is 5.54. The summed E-state index contributed by atoms with van der Waals surface area (Å²) in [6, 6.07) is 23.0. The first-order valence-corrected chi connectivity index (χ1v) is 12.9. The van der Waals surface area contributed by atoms with E-state index in [4.69, 9.17) is 14.6 Å². The number of thioether (sulfide) groups is 2. The average molecular weight is 516 g/mol. The average Bonchev–Trinajstić information content (AvgIpc) is 3.56. The molecule has 3 aliphatic rings. The second kappa shape index (κ2) is 8.76. The lowest BCUT2D eigenvalue weighted by molar-refractivity contribution is -0.114. The largest absolute Gasteiger partial charge is 0.454 e. The highest BCUT2D eigenvalue weighted by Crippen LogP contribution is 2.59. The minimum absolute atomic E-state index is 0.149. The monoisotopic (exact) mass is 515 g/mol. The number of ether oxygens (including phenoxy) is 2. The maximum absolute atomic E-state index is 14.0. The highest BCUT2D eigenvalue weighted by molar-refractivity contribution is 8.29. The van der Waals surface area contributed by atoms with Gasteiger partial charge < -0.3 is 9.47 Å². The van der Waals surface area contributed by atoms with E-state index in [1.54, 1.807) is 9.91 Å². The molecule has 3 heterocycles. The zero-order valence-corrected chi connectivity index (χ0v) is 21.1. The van der Waals surface area contributed by atoms with Crippen molar-refractivity contribution in [1.29, 1.82) is 0 Å². The summed E-state index contributed by atoms with van der Waals surface area (Å²) < 4.78 is 9.89. The predicted octanol–water partition coefficient (Wildman–Crippen LogP) is 5.61. The van der Waals surface area contributed by atoms with Crippen LogP contribution in [0.1, 0.15) is 18.1 Å². The summed E-state index contributed by atoms with van der Waals surface area (Å²) in [7, 11) is 0. The Morgan fingerprint density at radius 3 is 2.53 bits per heavy atom. The van der Waals surface area contributed by atoms with E-state index in [-0.39, 0.29) is 18.5 Å². The van der Waals surface area contributed by atoms with Crippen molar-refractivity contribution in [1.82, 2.24) is 0 Å². The molecule has 3 aromatic carbocycles. The van der Waals surface area contributed by atoms with Gasteiger partial charge in [-0.3, -0.25) is 14.5 Å². The molecule has 0 aromatic heterocycles. The number of Topliss-reactive ketones (excluding diaryl/α,β-unsaturated/α-hetero) is 1. The second-order valence-corrected chi connectivity index (χ2v) is 11.1. The van der Waals surface area contributed by atoms with Gasteiger partial charge in [-0.1, -0.05) is 48.2 Å². The van der Waals surface area contributed by atoms with Crippen LogP contribution in [-0.4, -0.2) is 27.9 Å². The first-order valence-electron chi connectivity index (χ1n) is 11.3. The van der Waals surface area contributed by atoms with Crippen LogP contribution in [0.25, 0.3) is 6.08 Å². The summed E-state index contributed by atoms with van der Waals surface area (Å²) in [6.45, 7) is 3.68. The van der Waals surface area contributed by atoms with E-state index in [1.165, 1.54) is 30.4 Å². The van der Waals surface area contributed by atoms with Gasteiger partial charge in [-0.2, -0.15) is 5.10 Å². The lowest BCUT2D eigenvalue weighted by Crippen LogP contribution is -2.51. The van der Waals surface area contributed by atoms with Gasteiger partial charge in [0.25, 0.3) is 5.91 Å². The van der Waals surface area contributed by atoms with Gasteiger partial charge in [0.05, 0.1) is 10.6 Å².